The number of phenolic OH excluding ortho intramolecular Hbond substituents is 1. The number of phenols is 1. The van der Waals surface area contributed by atoms with Crippen molar-refractivity contribution >= 4 is 55.1 Å². The maximum Gasteiger partial charge on any atom is 0.326 e. The van der Waals surface area contributed by atoms with Gasteiger partial charge in [-0.25, -0.2) is 4.79 Å². The van der Waals surface area contributed by atoms with Gasteiger partial charge in [0.15, 0.2) is 0 Å². The number of rotatable bonds is 5. The maximum atomic E-state index is 12.8. The molecule has 3 rings (SSSR count). The Labute approximate surface area is 171 Å². The highest BCUT2D eigenvalue weighted by molar-refractivity contribution is 9.12. The molecular weight excluding hydrogens is 486 g/mol. The molecule has 1 aromatic heterocycles. The van der Waals surface area contributed by atoms with Crippen molar-refractivity contribution in [3.63, 3.8) is 0 Å². The summed E-state index contributed by atoms with van der Waals surface area (Å²) in [6.45, 7) is 0. The second-order valence-electron chi connectivity index (χ2n) is 6.24. The van der Waals surface area contributed by atoms with E-state index in [-0.39, 0.29) is 18.1 Å². The highest BCUT2D eigenvalue weighted by Crippen LogP contribution is 2.36. The number of halogens is 2. The van der Waals surface area contributed by atoms with Crippen LogP contribution in [0.4, 0.5) is 0 Å². The van der Waals surface area contributed by atoms with Crippen LogP contribution in [0.2, 0.25) is 0 Å². The van der Waals surface area contributed by atoms with Gasteiger partial charge in [0, 0.05) is 6.42 Å². The highest BCUT2D eigenvalue weighted by atomic mass is 79.9. The molecule has 0 radical (unpaired) electrons. The van der Waals surface area contributed by atoms with Crippen molar-refractivity contribution in [2.45, 2.75) is 37.6 Å². The van der Waals surface area contributed by atoms with Gasteiger partial charge in [0.05, 0.1) is 13.5 Å². The van der Waals surface area contributed by atoms with Gasteiger partial charge in [-0.1, -0.05) is 12.1 Å². The molecular formula is C18H17Br2NO4S. The Morgan fingerprint density at radius 2 is 2.12 bits per heavy atom. The van der Waals surface area contributed by atoms with Crippen molar-refractivity contribution in [1.82, 2.24) is 5.32 Å². The lowest BCUT2D eigenvalue weighted by Gasteiger charge is -2.26. The van der Waals surface area contributed by atoms with E-state index < -0.39 is 17.9 Å². The molecule has 1 aliphatic carbocycles. The van der Waals surface area contributed by atoms with Crippen LogP contribution in [0.1, 0.15) is 35.4 Å². The van der Waals surface area contributed by atoms with Crippen LogP contribution in [-0.4, -0.2) is 28.1 Å². The quantitative estimate of drug-likeness (QED) is 0.571. The first-order chi connectivity index (χ1) is 12.4. The molecule has 0 aliphatic heterocycles. The molecule has 1 heterocycles. The lowest BCUT2D eigenvalue weighted by Crippen LogP contribution is -2.44. The first-order valence-corrected chi connectivity index (χ1v) is 10.5. The number of thiophene rings is 1. The number of nitrogens with one attached hydrogen (secondary N) is 1. The smallest absolute Gasteiger partial charge is 0.326 e. The number of aliphatic carboxylic acids is 1. The second-order valence-corrected chi connectivity index (χ2v) is 9.99. The molecule has 0 saturated heterocycles. The first-order valence-electron chi connectivity index (χ1n) is 8.14. The zero-order valence-corrected chi connectivity index (χ0v) is 17.7. The zero-order valence-electron chi connectivity index (χ0n) is 13.7. The van der Waals surface area contributed by atoms with Crippen LogP contribution in [0, 0.1) is 0 Å². The molecule has 0 saturated carbocycles. The molecule has 2 atom stereocenters. The van der Waals surface area contributed by atoms with Crippen molar-refractivity contribution in [2.24, 2.45) is 0 Å². The number of fused-ring (bicyclic) bond motifs is 1. The summed E-state index contributed by atoms with van der Waals surface area (Å²) in [5.41, 5.74) is 2.41. The Hall–Kier alpha value is -1.38. The van der Waals surface area contributed by atoms with E-state index in [9.17, 15) is 19.8 Å². The Morgan fingerprint density at radius 1 is 1.35 bits per heavy atom. The van der Waals surface area contributed by atoms with E-state index in [2.05, 4.69) is 37.2 Å². The van der Waals surface area contributed by atoms with Gasteiger partial charge < -0.3 is 15.5 Å². The third-order valence-electron chi connectivity index (χ3n) is 4.56. The van der Waals surface area contributed by atoms with Crippen molar-refractivity contribution in [2.75, 3.05) is 0 Å². The number of carboxylic acid groups (broad SMARTS) is 1. The van der Waals surface area contributed by atoms with E-state index in [1.165, 1.54) is 11.3 Å². The lowest BCUT2D eigenvalue weighted by molar-refractivity contribution is -0.142. The van der Waals surface area contributed by atoms with E-state index in [0.29, 0.717) is 6.42 Å². The van der Waals surface area contributed by atoms with E-state index in [1.807, 2.05) is 12.1 Å². The fourth-order valence-corrected chi connectivity index (χ4v) is 6.17. The summed E-state index contributed by atoms with van der Waals surface area (Å²) >= 11 is 8.26. The first kappa shape index (κ1) is 19.4. The minimum atomic E-state index is -1.07. The third kappa shape index (κ3) is 4.13. The molecule has 0 spiro atoms. The van der Waals surface area contributed by atoms with Gasteiger partial charge >= 0.3 is 5.97 Å². The van der Waals surface area contributed by atoms with Gasteiger partial charge in [0.25, 0.3) is 0 Å². The molecule has 1 amide bonds. The Morgan fingerprint density at radius 3 is 2.77 bits per heavy atom. The molecule has 3 N–H and O–H groups in total. The average Bonchev–Trinajstić information content (AvgIpc) is 2.91. The summed E-state index contributed by atoms with van der Waals surface area (Å²) in [6.07, 6.45) is 2.35. The maximum absolute atomic E-state index is 12.8. The van der Waals surface area contributed by atoms with Crippen molar-refractivity contribution in [1.29, 1.82) is 0 Å². The number of amides is 1. The number of carboxylic acids is 1. The van der Waals surface area contributed by atoms with E-state index in [0.717, 1.165) is 37.1 Å². The molecule has 1 aliphatic rings. The number of aromatic hydroxyl groups is 1. The fourth-order valence-electron chi connectivity index (χ4n) is 3.31. The van der Waals surface area contributed by atoms with Crippen LogP contribution >= 0.6 is 43.2 Å². The van der Waals surface area contributed by atoms with Crippen LogP contribution in [0.3, 0.4) is 0 Å². The molecule has 0 fully saturated rings. The molecule has 2 unspecified atom stereocenters. The summed E-state index contributed by atoms with van der Waals surface area (Å²) in [4.78, 5) is 24.5. The molecule has 2 aromatic rings. The molecule has 26 heavy (non-hydrogen) atoms. The van der Waals surface area contributed by atoms with Crippen LogP contribution in [-0.2, 0) is 22.4 Å². The number of carbonyl (C=O) groups excluding carboxylic acids is 1. The molecule has 8 heteroatoms. The van der Waals surface area contributed by atoms with Gasteiger partial charge in [0.1, 0.15) is 11.8 Å². The van der Waals surface area contributed by atoms with Gasteiger partial charge in [-0.2, -0.15) is 0 Å². The van der Waals surface area contributed by atoms with Crippen molar-refractivity contribution < 1.29 is 19.8 Å². The molecule has 0 bridgehead atoms. The lowest BCUT2D eigenvalue weighted by atomic mass is 9.81. The SMILES string of the molecule is O=C(O)C(Cc1cc(Br)sc1Br)NC(=O)C1CCCc2c(O)cccc21. The summed E-state index contributed by atoms with van der Waals surface area (Å²) in [5.74, 6) is -1.62. The Balaban J connectivity index is 1.78. The minimum Gasteiger partial charge on any atom is -0.508 e. The summed E-state index contributed by atoms with van der Waals surface area (Å²) in [6, 6.07) is 6.01. The topological polar surface area (TPSA) is 86.6 Å². The van der Waals surface area contributed by atoms with Gasteiger partial charge in [0.2, 0.25) is 5.91 Å². The Bertz CT molecular complexity index is 852. The van der Waals surface area contributed by atoms with E-state index in [4.69, 9.17) is 0 Å². The third-order valence-corrected chi connectivity index (χ3v) is 7.03. The van der Waals surface area contributed by atoms with E-state index >= 15 is 0 Å². The highest BCUT2D eigenvalue weighted by Gasteiger charge is 2.31. The Kier molecular flexibility index (Phi) is 6.04. The predicted octanol–water partition coefficient (Wildman–Crippen LogP) is 4.21. The zero-order chi connectivity index (χ0) is 18.8. The second kappa shape index (κ2) is 8.10. The minimum absolute atomic E-state index is 0.196. The predicted molar refractivity (Wildman–Crippen MR) is 107 cm³/mol. The monoisotopic (exact) mass is 501 g/mol. The number of carbonyl (C=O) groups is 2. The normalized spacial score (nSPS) is 17.4. The van der Waals surface area contributed by atoms with Gasteiger partial charge in [-0.15, -0.1) is 11.3 Å². The van der Waals surface area contributed by atoms with Crippen LogP contribution < -0.4 is 5.32 Å². The van der Waals surface area contributed by atoms with Crippen molar-refractivity contribution in [3.05, 3.63) is 48.5 Å². The number of hydrogen-bond acceptors (Lipinski definition) is 4. The summed E-state index contributed by atoms with van der Waals surface area (Å²) < 4.78 is 1.74. The standard InChI is InChI=1S/C18H17Br2NO4S/c19-15-8-9(16(20)26-15)7-13(18(24)25)21-17(23)12-5-1-4-11-10(12)3-2-6-14(11)22/h2-3,6,8,12-13,22H,1,4-5,7H2,(H,21,23)(H,24,25). The average molecular weight is 503 g/mol. The number of benzene rings is 1. The molecule has 5 nitrogen and oxygen atoms in total. The van der Waals surface area contributed by atoms with Gasteiger partial charge in [-0.05, 0) is 79.9 Å². The van der Waals surface area contributed by atoms with Crippen molar-refractivity contribution in [3.8, 4) is 5.75 Å². The number of hydrogen-bond donors (Lipinski definition) is 3. The fraction of sp³-hybridized carbons (Fsp3) is 0.333. The largest absolute Gasteiger partial charge is 0.508 e. The molecule has 1 aromatic carbocycles. The van der Waals surface area contributed by atoms with Gasteiger partial charge in [-0.3, -0.25) is 4.79 Å². The van der Waals surface area contributed by atoms with Crippen LogP contribution in [0.15, 0.2) is 31.8 Å². The van der Waals surface area contributed by atoms with Crippen LogP contribution in [0.5, 0.6) is 5.75 Å². The van der Waals surface area contributed by atoms with Crippen LogP contribution in [0.25, 0.3) is 0 Å². The summed E-state index contributed by atoms with van der Waals surface area (Å²) in [5, 5.41) is 22.2. The summed E-state index contributed by atoms with van der Waals surface area (Å²) in [7, 11) is 0. The van der Waals surface area contributed by atoms with E-state index in [1.54, 1.807) is 12.1 Å². The molecule has 138 valence electrons.